The fraction of sp³-hybridized carbons (Fsp3) is 0.154. The molecular weight excluding hydrogens is 390 g/mol. The van der Waals surface area contributed by atoms with Crippen molar-refractivity contribution < 1.29 is 13.9 Å². The van der Waals surface area contributed by atoms with Crippen molar-refractivity contribution in [3.63, 3.8) is 0 Å². The fourth-order valence-electron chi connectivity index (χ4n) is 3.93. The zero-order chi connectivity index (χ0) is 21.4. The molecule has 1 unspecified atom stereocenters. The number of para-hydroxylation sites is 1. The lowest BCUT2D eigenvalue weighted by Crippen LogP contribution is -2.32. The molecule has 1 aliphatic heterocycles. The lowest BCUT2D eigenvalue weighted by molar-refractivity contribution is 0.0925. The summed E-state index contributed by atoms with van der Waals surface area (Å²) >= 11 is 0. The van der Waals surface area contributed by atoms with E-state index in [0.29, 0.717) is 28.9 Å². The van der Waals surface area contributed by atoms with E-state index >= 15 is 0 Å². The van der Waals surface area contributed by atoms with E-state index in [0.717, 1.165) is 28.9 Å². The first-order valence-electron chi connectivity index (χ1n) is 10.3. The van der Waals surface area contributed by atoms with Gasteiger partial charge < -0.3 is 14.5 Å². The first kappa shape index (κ1) is 19.1. The maximum absolute atomic E-state index is 12.8. The minimum atomic E-state index is -0.149. The van der Waals surface area contributed by atoms with E-state index in [1.54, 1.807) is 24.3 Å². The van der Waals surface area contributed by atoms with Crippen LogP contribution in [0, 0.1) is 6.92 Å². The maximum Gasteiger partial charge on any atom is 0.251 e. The number of rotatable bonds is 3. The zero-order valence-electron chi connectivity index (χ0n) is 17.1. The van der Waals surface area contributed by atoms with Crippen molar-refractivity contribution in [2.75, 3.05) is 6.61 Å². The second kappa shape index (κ2) is 7.76. The molecular formula is C26H21NO4. The highest BCUT2D eigenvalue weighted by molar-refractivity contribution is 5.95. The third kappa shape index (κ3) is 3.70. The topological polar surface area (TPSA) is 68.5 Å². The number of carbonyl (C=O) groups excluding carboxylic acids is 1. The Bertz CT molecular complexity index is 1340. The minimum Gasteiger partial charge on any atom is -0.493 e. The van der Waals surface area contributed by atoms with Gasteiger partial charge in [0.1, 0.15) is 17.1 Å². The predicted molar refractivity (Wildman–Crippen MR) is 119 cm³/mol. The Kier molecular flexibility index (Phi) is 4.79. The molecule has 1 aliphatic rings. The van der Waals surface area contributed by atoms with E-state index in [-0.39, 0.29) is 17.4 Å². The lowest BCUT2D eigenvalue weighted by Gasteiger charge is -2.26. The van der Waals surface area contributed by atoms with Gasteiger partial charge in [0, 0.05) is 29.2 Å². The average Bonchev–Trinajstić information content (AvgIpc) is 2.80. The van der Waals surface area contributed by atoms with E-state index in [1.807, 2.05) is 49.4 Å². The molecule has 1 atom stereocenters. The van der Waals surface area contributed by atoms with E-state index in [1.165, 1.54) is 6.07 Å². The third-order valence-corrected chi connectivity index (χ3v) is 5.58. The van der Waals surface area contributed by atoms with Crippen LogP contribution in [0.15, 0.2) is 82.0 Å². The Morgan fingerprint density at radius 3 is 2.65 bits per heavy atom. The van der Waals surface area contributed by atoms with Crippen LogP contribution in [0.2, 0.25) is 0 Å². The number of hydrogen-bond acceptors (Lipinski definition) is 4. The lowest BCUT2D eigenvalue weighted by atomic mass is 10.00. The van der Waals surface area contributed by atoms with E-state index in [4.69, 9.17) is 9.15 Å². The third-order valence-electron chi connectivity index (χ3n) is 5.58. The average molecular weight is 411 g/mol. The Labute approximate surface area is 179 Å². The minimum absolute atomic E-state index is 0.0834. The highest BCUT2D eigenvalue weighted by atomic mass is 16.5. The zero-order valence-corrected chi connectivity index (χ0v) is 17.1. The Morgan fingerprint density at radius 2 is 1.81 bits per heavy atom. The summed E-state index contributed by atoms with van der Waals surface area (Å²) < 4.78 is 11.6. The number of hydrogen-bond donors (Lipinski definition) is 1. The summed E-state index contributed by atoms with van der Waals surface area (Å²) in [6, 6.07) is 21.8. The van der Waals surface area contributed by atoms with Crippen LogP contribution in [-0.2, 0) is 0 Å². The van der Waals surface area contributed by atoms with Crippen molar-refractivity contribution in [3.05, 3.63) is 99.7 Å². The summed E-state index contributed by atoms with van der Waals surface area (Å²) in [5.41, 5.74) is 3.76. The van der Waals surface area contributed by atoms with Crippen molar-refractivity contribution in [3.8, 4) is 17.1 Å². The van der Waals surface area contributed by atoms with Crippen LogP contribution in [0.5, 0.6) is 5.75 Å². The molecule has 154 valence electrons. The summed E-state index contributed by atoms with van der Waals surface area (Å²) in [7, 11) is 0. The second-order valence-electron chi connectivity index (χ2n) is 7.75. The van der Waals surface area contributed by atoms with Gasteiger partial charge in [-0.25, -0.2) is 0 Å². The van der Waals surface area contributed by atoms with E-state index in [2.05, 4.69) is 5.32 Å². The molecule has 4 aromatic rings. The number of carbonyl (C=O) groups is 1. The molecule has 1 aromatic heterocycles. The molecule has 3 aromatic carbocycles. The SMILES string of the molecule is Cc1ccc2oc(-c3ccc(C(=O)NC4CCOc5ccccc54)cc3)cc(=O)c2c1. The van der Waals surface area contributed by atoms with Crippen LogP contribution in [-0.4, -0.2) is 12.5 Å². The van der Waals surface area contributed by atoms with Crippen LogP contribution in [0.4, 0.5) is 0 Å². The number of ether oxygens (including phenoxy) is 1. The summed E-state index contributed by atoms with van der Waals surface area (Å²) in [4.78, 5) is 25.3. The molecule has 5 rings (SSSR count). The van der Waals surface area contributed by atoms with Gasteiger partial charge in [0.15, 0.2) is 5.43 Å². The molecule has 1 N–H and O–H groups in total. The molecule has 0 radical (unpaired) electrons. The number of benzene rings is 3. The van der Waals surface area contributed by atoms with Crippen LogP contribution >= 0.6 is 0 Å². The summed E-state index contributed by atoms with van der Waals surface area (Å²) in [6.07, 6.45) is 0.725. The number of amides is 1. The smallest absolute Gasteiger partial charge is 0.251 e. The highest BCUT2D eigenvalue weighted by Crippen LogP contribution is 2.32. The van der Waals surface area contributed by atoms with Gasteiger partial charge in [0.05, 0.1) is 18.0 Å². The Balaban J connectivity index is 1.38. The van der Waals surface area contributed by atoms with Crippen molar-refractivity contribution in [2.24, 2.45) is 0 Å². The van der Waals surface area contributed by atoms with E-state index < -0.39 is 0 Å². The van der Waals surface area contributed by atoms with Crippen molar-refractivity contribution in [1.29, 1.82) is 0 Å². The first-order valence-corrected chi connectivity index (χ1v) is 10.3. The summed E-state index contributed by atoms with van der Waals surface area (Å²) in [5, 5.41) is 3.66. The quantitative estimate of drug-likeness (QED) is 0.514. The Hall–Kier alpha value is -3.86. The molecule has 2 heterocycles. The standard InChI is InChI=1S/C26H21NO4/c1-16-6-11-24-20(14-16)22(28)15-25(31-24)17-7-9-18(10-8-17)26(29)27-21-12-13-30-23-5-3-2-4-19(21)23/h2-11,14-15,21H,12-13H2,1H3,(H,27,29). The molecule has 1 amide bonds. The van der Waals surface area contributed by atoms with Crippen molar-refractivity contribution in [2.45, 2.75) is 19.4 Å². The summed E-state index contributed by atoms with van der Waals surface area (Å²) in [6.45, 7) is 2.51. The fourth-order valence-corrected chi connectivity index (χ4v) is 3.93. The van der Waals surface area contributed by atoms with Gasteiger partial charge in [-0.3, -0.25) is 9.59 Å². The molecule has 0 spiro atoms. The first-order chi connectivity index (χ1) is 15.1. The van der Waals surface area contributed by atoms with Gasteiger partial charge in [-0.2, -0.15) is 0 Å². The number of fused-ring (bicyclic) bond motifs is 2. The molecule has 0 fully saturated rings. The highest BCUT2D eigenvalue weighted by Gasteiger charge is 2.23. The largest absolute Gasteiger partial charge is 0.493 e. The monoisotopic (exact) mass is 411 g/mol. The normalized spacial score (nSPS) is 15.2. The predicted octanol–water partition coefficient (Wildman–Crippen LogP) is 5.02. The maximum atomic E-state index is 12.8. The van der Waals surface area contributed by atoms with Crippen LogP contribution in [0.3, 0.4) is 0 Å². The molecule has 5 heteroatoms. The molecule has 0 saturated carbocycles. The van der Waals surface area contributed by atoms with E-state index in [9.17, 15) is 9.59 Å². The van der Waals surface area contributed by atoms with Crippen molar-refractivity contribution >= 4 is 16.9 Å². The van der Waals surface area contributed by atoms with Gasteiger partial charge in [-0.1, -0.05) is 42.0 Å². The summed E-state index contributed by atoms with van der Waals surface area (Å²) in [5.74, 6) is 1.14. The van der Waals surface area contributed by atoms with Gasteiger partial charge in [0.2, 0.25) is 0 Å². The number of aryl methyl sites for hydroxylation is 1. The second-order valence-corrected chi connectivity index (χ2v) is 7.75. The van der Waals surface area contributed by atoms with Gasteiger partial charge >= 0.3 is 0 Å². The van der Waals surface area contributed by atoms with Crippen molar-refractivity contribution in [1.82, 2.24) is 5.32 Å². The molecule has 0 bridgehead atoms. The molecule has 0 saturated heterocycles. The van der Waals surface area contributed by atoms with Gasteiger partial charge in [-0.05, 0) is 37.3 Å². The van der Waals surface area contributed by atoms with Crippen LogP contribution in [0.25, 0.3) is 22.3 Å². The molecule has 5 nitrogen and oxygen atoms in total. The van der Waals surface area contributed by atoms with Crippen LogP contribution < -0.4 is 15.5 Å². The van der Waals surface area contributed by atoms with Crippen LogP contribution in [0.1, 0.15) is 33.9 Å². The number of nitrogens with one attached hydrogen (secondary N) is 1. The Morgan fingerprint density at radius 1 is 1.00 bits per heavy atom. The molecule has 31 heavy (non-hydrogen) atoms. The van der Waals surface area contributed by atoms with Gasteiger partial charge in [0.25, 0.3) is 5.91 Å². The molecule has 0 aliphatic carbocycles. The van der Waals surface area contributed by atoms with Gasteiger partial charge in [-0.15, -0.1) is 0 Å².